The molecule has 0 N–H and O–H groups in total. The highest BCUT2D eigenvalue weighted by Crippen LogP contribution is 2.38. The summed E-state index contributed by atoms with van der Waals surface area (Å²) in [6.07, 6.45) is 2.01. The maximum absolute atomic E-state index is 13.6. The Hall–Kier alpha value is -3.18. The van der Waals surface area contributed by atoms with Crippen LogP contribution in [-0.2, 0) is 15.6 Å². The first-order chi connectivity index (χ1) is 14.6. The van der Waals surface area contributed by atoms with Crippen LogP contribution in [0.5, 0.6) is 5.75 Å². The van der Waals surface area contributed by atoms with Crippen molar-refractivity contribution in [3.8, 4) is 5.75 Å². The SMILES string of the molecule is COc1ccc(N2C=C(S(=O)c3ccc(C)cc3)[C@H](c3ccccc3)CC2=O)cc1. The molecule has 1 aliphatic heterocycles. The number of allylic oxidation sites excluding steroid dienone is 1. The van der Waals surface area contributed by atoms with Gasteiger partial charge in [-0.2, -0.15) is 0 Å². The van der Waals surface area contributed by atoms with E-state index in [2.05, 4.69) is 0 Å². The third-order valence-electron chi connectivity index (χ3n) is 5.25. The number of benzene rings is 3. The van der Waals surface area contributed by atoms with Crippen molar-refractivity contribution in [1.29, 1.82) is 0 Å². The molecule has 1 amide bonds. The Kier molecular flexibility index (Phi) is 5.81. The number of methoxy groups -OCH3 is 1. The highest BCUT2D eigenvalue weighted by atomic mass is 32.2. The van der Waals surface area contributed by atoms with Crippen molar-refractivity contribution in [2.45, 2.75) is 24.2 Å². The topological polar surface area (TPSA) is 46.6 Å². The average molecular weight is 418 g/mol. The van der Waals surface area contributed by atoms with Gasteiger partial charge in [-0.25, -0.2) is 4.21 Å². The monoisotopic (exact) mass is 417 g/mol. The van der Waals surface area contributed by atoms with E-state index in [1.807, 2.05) is 85.8 Å². The second kappa shape index (κ2) is 8.67. The predicted molar refractivity (Wildman–Crippen MR) is 120 cm³/mol. The lowest BCUT2D eigenvalue weighted by Crippen LogP contribution is -2.33. The molecule has 0 radical (unpaired) electrons. The lowest BCUT2D eigenvalue weighted by atomic mass is 9.92. The fourth-order valence-corrected chi connectivity index (χ4v) is 4.90. The van der Waals surface area contributed by atoms with E-state index >= 15 is 0 Å². The van der Waals surface area contributed by atoms with Crippen LogP contribution in [0.2, 0.25) is 0 Å². The summed E-state index contributed by atoms with van der Waals surface area (Å²) < 4.78 is 18.8. The van der Waals surface area contributed by atoms with E-state index < -0.39 is 10.8 Å². The quantitative estimate of drug-likeness (QED) is 0.575. The zero-order chi connectivity index (χ0) is 21.1. The van der Waals surface area contributed by atoms with Crippen LogP contribution in [0.1, 0.15) is 23.5 Å². The number of anilines is 1. The molecule has 0 saturated heterocycles. The molecular formula is C25H23NO3S. The number of aryl methyl sites for hydroxylation is 1. The Labute approximate surface area is 179 Å². The number of hydrogen-bond donors (Lipinski definition) is 0. The van der Waals surface area contributed by atoms with Crippen molar-refractivity contribution < 1.29 is 13.7 Å². The number of nitrogens with zero attached hydrogens (tertiary/aromatic N) is 1. The van der Waals surface area contributed by atoms with Gasteiger partial charge in [-0.05, 0) is 48.9 Å². The molecule has 0 spiro atoms. The van der Waals surface area contributed by atoms with E-state index in [9.17, 15) is 9.00 Å². The fourth-order valence-electron chi connectivity index (χ4n) is 3.57. The molecule has 4 rings (SSSR count). The molecule has 0 aliphatic carbocycles. The zero-order valence-corrected chi connectivity index (χ0v) is 17.8. The number of rotatable bonds is 5. The van der Waals surface area contributed by atoms with Crippen molar-refractivity contribution in [3.63, 3.8) is 0 Å². The average Bonchev–Trinajstić information content (AvgIpc) is 2.79. The second-order valence-corrected chi connectivity index (χ2v) is 8.72. The van der Waals surface area contributed by atoms with E-state index in [4.69, 9.17) is 4.74 Å². The third-order valence-corrected chi connectivity index (χ3v) is 6.77. The van der Waals surface area contributed by atoms with Crippen LogP contribution in [0.4, 0.5) is 5.69 Å². The molecule has 4 nitrogen and oxygen atoms in total. The summed E-state index contributed by atoms with van der Waals surface area (Å²) in [6, 6.07) is 24.8. The van der Waals surface area contributed by atoms with Crippen LogP contribution in [0, 0.1) is 6.92 Å². The molecule has 0 aromatic heterocycles. The van der Waals surface area contributed by atoms with Crippen molar-refractivity contribution in [2.75, 3.05) is 12.0 Å². The van der Waals surface area contributed by atoms with Crippen LogP contribution in [0.3, 0.4) is 0 Å². The smallest absolute Gasteiger partial charge is 0.232 e. The molecule has 0 saturated carbocycles. The summed E-state index contributed by atoms with van der Waals surface area (Å²) in [5, 5.41) is 0. The number of amides is 1. The van der Waals surface area contributed by atoms with Crippen molar-refractivity contribution in [3.05, 3.63) is 101 Å². The molecule has 3 aromatic rings. The van der Waals surface area contributed by atoms with Crippen LogP contribution in [0.25, 0.3) is 0 Å². The van der Waals surface area contributed by atoms with Gasteiger partial charge in [0.2, 0.25) is 5.91 Å². The Morgan fingerprint density at radius 3 is 2.23 bits per heavy atom. The van der Waals surface area contributed by atoms with E-state index in [1.165, 1.54) is 0 Å². The minimum Gasteiger partial charge on any atom is -0.497 e. The lowest BCUT2D eigenvalue weighted by Gasteiger charge is -2.31. The maximum atomic E-state index is 13.6. The molecule has 30 heavy (non-hydrogen) atoms. The minimum atomic E-state index is -1.38. The van der Waals surface area contributed by atoms with Gasteiger partial charge in [0.05, 0.1) is 17.9 Å². The molecule has 1 unspecified atom stereocenters. The summed E-state index contributed by atoms with van der Waals surface area (Å²) in [5.41, 5.74) is 2.83. The van der Waals surface area contributed by atoms with E-state index in [-0.39, 0.29) is 18.2 Å². The summed E-state index contributed by atoms with van der Waals surface area (Å²) in [6.45, 7) is 2.00. The summed E-state index contributed by atoms with van der Waals surface area (Å²) >= 11 is 0. The van der Waals surface area contributed by atoms with Crippen LogP contribution in [0.15, 0.2) is 94.9 Å². The normalized spacial score (nSPS) is 17.4. The Balaban J connectivity index is 1.78. The first-order valence-corrected chi connectivity index (χ1v) is 10.9. The highest BCUT2D eigenvalue weighted by molar-refractivity contribution is 7.89. The van der Waals surface area contributed by atoms with Crippen molar-refractivity contribution in [1.82, 2.24) is 0 Å². The van der Waals surface area contributed by atoms with E-state index in [1.54, 1.807) is 18.2 Å². The largest absolute Gasteiger partial charge is 0.497 e. The second-order valence-electron chi connectivity index (χ2n) is 7.24. The van der Waals surface area contributed by atoms with E-state index in [0.717, 1.165) is 32.4 Å². The fraction of sp³-hybridized carbons (Fsp3) is 0.160. The molecule has 0 fully saturated rings. The van der Waals surface area contributed by atoms with Crippen LogP contribution in [-0.4, -0.2) is 17.2 Å². The molecular weight excluding hydrogens is 394 g/mol. The molecule has 0 bridgehead atoms. The first-order valence-electron chi connectivity index (χ1n) is 9.78. The van der Waals surface area contributed by atoms with Crippen LogP contribution >= 0.6 is 0 Å². The van der Waals surface area contributed by atoms with Gasteiger partial charge < -0.3 is 4.74 Å². The molecule has 1 heterocycles. The van der Waals surface area contributed by atoms with Gasteiger partial charge in [-0.3, -0.25) is 9.69 Å². The maximum Gasteiger partial charge on any atom is 0.232 e. The number of ether oxygens (including phenoxy) is 1. The third kappa shape index (κ3) is 4.07. The van der Waals surface area contributed by atoms with Gasteiger partial charge in [-0.1, -0.05) is 48.0 Å². The number of carbonyl (C=O) groups excluding carboxylic acids is 1. The minimum absolute atomic E-state index is 0.0290. The summed E-state index contributed by atoms with van der Waals surface area (Å²) in [7, 11) is 0.224. The summed E-state index contributed by atoms with van der Waals surface area (Å²) in [5.74, 6) is 0.465. The van der Waals surface area contributed by atoms with Crippen molar-refractivity contribution in [2.24, 2.45) is 0 Å². The van der Waals surface area contributed by atoms with Gasteiger partial charge in [0.25, 0.3) is 0 Å². The van der Waals surface area contributed by atoms with E-state index in [0.29, 0.717) is 0 Å². The van der Waals surface area contributed by atoms with Gasteiger partial charge >= 0.3 is 0 Å². The number of hydrogen-bond acceptors (Lipinski definition) is 3. The molecule has 1 aliphatic rings. The lowest BCUT2D eigenvalue weighted by molar-refractivity contribution is -0.118. The molecule has 5 heteroatoms. The van der Waals surface area contributed by atoms with Gasteiger partial charge in [0.1, 0.15) is 5.75 Å². The molecule has 152 valence electrons. The highest BCUT2D eigenvalue weighted by Gasteiger charge is 2.33. The van der Waals surface area contributed by atoms with Gasteiger partial charge in [0, 0.05) is 34.0 Å². The first kappa shape index (κ1) is 20.1. The van der Waals surface area contributed by atoms with Crippen LogP contribution < -0.4 is 9.64 Å². The Morgan fingerprint density at radius 1 is 0.933 bits per heavy atom. The summed E-state index contributed by atoms with van der Waals surface area (Å²) in [4.78, 5) is 16.1. The zero-order valence-electron chi connectivity index (χ0n) is 16.9. The van der Waals surface area contributed by atoms with Crippen molar-refractivity contribution >= 4 is 22.4 Å². The Bertz CT molecular complexity index is 1090. The van der Waals surface area contributed by atoms with Gasteiger partial charge in [0.15, 0.2) is 0 Å². The predicted octanol–water partition coefficient (Wildman–Crippen LogP) is 5.17. The molecule has 2 atom stereocenters. The standard InChI is InChI=1S/C25H23NO3S/c1-18-8-14-22(15-9-18)30(28)24-17-26(20-10-12-21(29-2)13-11-20)25(27)16-23(24)19-6-4-3-5-7-19/h3-15,17,23H,16H2,1-2H3/t23-,30?/m0/s1. The number of carbonyl (C=O) groups is 1. The van der Waals surface area contributed by atoms with Gasteiger partial charge in [-0.15, -0.1) is 0 Å². The Morgan fingerprint density at radius 2 is 1.60 bits per heavy atom. The molecule has 3 aromatic carbocycles.